The molecule has 0 heterocycles. The van der Waals surface area contributed by atoms with Gasteiger partial charge in [-0.25, -0.2) is 0 Å². The average Bonchev–Trinajstić information content (AvgIpc) is 2.26. The van der Waals surface area contributed by atoms with Gasteiger partial charge in [0.05, 0.1) is 6.42 Å². The average molecular weight is 255 g/mol. The van der Waals surface area contributed by atoms with E-state index in [-0.39, 0.29) is 12.0 Å². The number of primary amides is 1. The van der Waals surface area contributed by atoms with Crippen LogP contribution in [0.15, 0.2) is 24.3 Å². The molecule has 0 aromatic heterocycles. The second-order valence-electron chi connectivity index (χ2n) is 3.35. The van der Waals surface area contributed by atoms with E-state index in [1.165, 1.54) is 12.1 Å². The minimum atomic E-state index is -4.92. The first-order chi connectivity index (χ1) is 8.30. The monoisotopic (exact) mass is 255 g/mol. The van der Waals surface area contributed by atoms with Gasteiger partial charge in [0.2, 0.25) is 5.91 Å². The molecule has 0 radical (unpaired) electrons. The van der Waals surface area contributed by atoms with E-state index in [0.717, 1.165) is 12.1 Å². The number of carbonyl (C=O) groups is 2. The van der Waals surface area contributed by atoms with Crippen molar-refractivity contribution < 1.29 is 22.8 Å². The fourth-order valence-corrected chi connectivity index (χ4v) is 1.14. The van der Waals surface area contributed by atoms with Crippen LogP contribution in [0, 0.1) is 11.8 Å². The molecule has 94 valence electrons. The van der Waals surface area contributed by atoms with E-state index in [2.05, 4.69) is 11.8 Å². The van der Waals surface area contributed by atoms with Gasteiger partial charge in [-0.05, 0) is 12.1 Å². The van der Waals surface area contributed by atoms with Gasteiger partial charge >= 0.3 is 6.18 Å². The molecule has 1 aromatic rings. The molecule has 0 unspecified atom stereocenters. The van der Waals surface area contributed by atoms with Crippen LogP contribution in [0.5, 0.6) is 0 Å². The molecule has 0 aliphatic heterocycles. The van der Waals surface area contributed by atoms with Gasteiger partial charge in [0.1, 0.15) is 0 Å². The van der Waals surface area contributed by atoms with Gasteiger partial charge in [-0.2, -0.15) is 13.2 Å². The second kappa shape index (κ2) is 5.36. The zero-order valence-electron chi connectivity index (χ0n) is 9.04. The first kappa shape index (κ1) is 13.8. The highest BCUT2D eigenvalue weighted by atomic mass is 19.4. The Morgan fingerprint density at radius 2 is 1.94 bits per heavy atom. The molecule has 0 saturated carbocycles. The first-order valence-corrected chi connectivity index (χ1v) is 4.79. The molecule has 0 bridgehead atoms. The second-order valence-corrected chi connectivity index (χ2v) is 3.35. The summed E-state index contributed by atoms with van der Waals surface area (Å²) in [6, 6.07) is 4.79. The maximum atomic E-state index is 12.2. The zero-order chi connectivity index (χ0) is 13.8. The van der Waals surface area contributed by atoms with Crippen molar-refractivity contribution in [2.45, 2.75) is 12.6 Å². The molecular formula is C12H8F3NO2. The molecule has 0 fully saturated rings. The lowest BCUT2D eigenvalue weighted by atomic mass is 10.1. The lowest BCUT2D eigenvalue weighted by Gasteiger charge is -2.04. The molecule has 0 saturated heterocycles. The Morgan fingerprint density at radius 1 is 1.28 bits per heavy atom. The van der Waals surface area contributed by atoms with Crippen LogP contribution in [0.4, 0.5) is 13.2 Å². The molecule has 6 heteroatoms. The van der Waals surface area contributed by atoms with Crippen molar-refractivity contribution in [1.29, 1.82) is 0 Å². The topological polar surface area (TPSA) is 60.2 Å². The fraction of sp³-hybridized carbons (Fsp3) is 0.167. The summed E-state index contributed by atoms with van der Waals surface area (Å²) in [7, 11) is 0. The van der Waals surface area contributed by atoms with Gasteiger partial charge < -0.3 is 5.73 Å². The Bertz CT molecular complexity index is 538. The number of alkyl halides is 3. The van der Waals surface area contributed by atoms with Gasteiger partial charge in [0.15, 0.2) is 0 Å². The molecule has 0 aliphatic carbocycles. The van der Waals surface area contributed by atoms with E-state index < -0.39 is 23.4 Å². The van der Waals surface area contributed by atoms with Crippen LogP contribution in [0.25, 0.3) is 0 Å². The largest absolute Gasteiger partial charge is 0.454 e. The molecule has 0 spiro atoms. The third-order valence-electron chi connectivity index (χ3n) is 1.88. The summed E-state index contributed by atoms with van der Waals surface area (Å²) in [5.41, 5.74) is 4.57. The quantitative estimate of drug-likeness (QED) is 0.645. The number of hydrogen-bond acceptors (Lipinski definition) is 2. The Labute approximate surface area is 101 Å². The normalized spacial score (nSPS) is 10.4. The molecule has 1 aromatic carbocycles. The number of carbonyl (C=O) groups excluding carboxylic acids is 2. The Hall–Kier alpha value is -2.29. The van der Waals surface area contributed by atoms with Crippen LogP contribution >= 0.6 is 0 Å². The number of Topliss-reactive ketones (excluding diaryl/α,β-unsaturated/α-hetero) is 1. The van der Waals surface area contributed by atoms with Crippen LogP contribution in [0.2, 0.25) is 0 Å². The van der Waals surface area contributed by atoms with Crippen LogP contribution in [0.3, 0.4) is 0 Å². The lowest BCUT2D eigenvalue weighted by molar-refractivity contribution is -0.117. The third-order valence-corrected chi connectivity index (χ3v) is 1.88. The van der Waals surface area contributed by atoms with Gasteiger partial charge in [-0.3, -0.25) is 9.59 Å². The smallest absolute Gasteiger partial charge is 0.369 e. The van der Waals surface area contributed by atoms with Crippen LogP contribution in [0.1, 0.15) is 22.3 Å². The van der Waals surface area contributed by atoms with E-state index in [1.807, 2.05) is 0 Å². The lowest BCUT2D eigenvalue weighted by Crippen LogP contribution is -2.22. The van der Waals surface area contributed by atoms with E-state index in [9.17, 15) is 22.8 Å². The molecule has 0 aliphatic rings. The minimum Gasteiger partial charge on any atom is -0.369 e. The summed E-state index contributed by atoms with van der Waals surface area (Å²) in [6.07, 6.45) is -5.11. The van der Waals surface area contributed by atoms with E-state index in [1.54, 1.807) is 0 Å². The minimum absolute atomic E-state index is 0.197. The van der Waals surface area contributed by atoms with E-state index in [4.69, 9.17) is 5.73 Å². The van der Waals surface area contributed by atoms with E-state index >= 15 is 0 Å². The third kappa shape index (κ3) is 3.94. The highest BCUT2D eigenvalue weighted by molar-refractivity contribution is 6.00. The molecule has 1 amide bonds. The number of nitrogens with two attached hydrogens (primary N) is 1. The van der Waals surface area contributed by atoms with Gasteiger partial charge in [0.25, 0.3) is 5.78 Å². The molecule has 18 heavy (non-hydrogen) atoms. The molecule has 2 N–H and O–H groups in total. The maximum absolute atomic E-state index is 12.2. The maximum Gasteiger partial charge on any atom is 0.454 e. The molecular weight excluding hydrogens is 247 g/mol. The number of rotatable bonds is 2. The summed E-state index contributed by atoms with van der Waals surface area (Å²) >= 11 is 0. The van der Waals surface area contributed by atoms with Crippen LogP contribution < -0.4 is 5.73 Å². The number of amides is 1. The van der Waals surface area contributed by atoms with Crippen LogP contribution in [-0.4, -0.2) is 17.9 Å². The standard InChI is InChI=1S/C12H8F3NO2/c13-12(14,15)11(18)9-5-1-3-8(7-9)4-2-6-10(16)17/h1,3,5,7H,6H2,(H2,16,17). The Balaban J connectivity index is 2.95. The van der Waals surface area contributed by atoms with Crippen molar-refractivity contribution in [3.8, 4) is 11.8 Å². The predicted molar refractivity (Wildman–Crippen MR) is 57.5 cm³/mol. The summed E-state index contributed by atoms with van der Waals surface area (Å²) in [5.74, 6) is 2.28. The van der Waals surface area contributed by atoms with Crippen molar-refractivity contribution in [2.24, 2.45) is 5.73 Å². The molecule has 3 nitrogen and oxygen atoms in total. The highest BCUT2D eigenvalue weighted by Crippen LogP contribution is 2.21. The predicted octanol–water partition coefficient (Wildman–Crippen LogP) is 1.66. The number of ketones is 1. The van der Waals surface area contributed by atoms with Gasteiger partial charge in [0, 0.05) is 11.1 Å². The van der Waals surface area contributed by atoms with Gasteiger partial charge in [-0.1, -0.05) is 24.0 Å². The molecule has 1 rings (SSSR count). The fourth-order valence-electron chi connectivity index (χ4n) is 1.14. The van der Waals surface area contributed by atoms with Crippen molar-refractivity contribution in [3.05, 3.63) is 35.4 Å². The Morgan fingerprint density at radius 3 is 2.50 bits per heavy atom. The van der Waals surface area contributed by atoms with Gasteiger partial charge in [-0.15, -0.1) is 0 Å². The molecule has 0 atom stereocenters. The number of halogens is 3. The zero-order valence-corrected chi connectivity index (χ0v) is 9.04. The van der Waals surface area contributed by atoms with Crippen molar-refractivity contribution in [1.82, 2.24) is 0 Å². The first-order valence-electron chi connectivity index (χ1n) is 4.79. The summed E-state index contributed by atoms with van der Waals surface area (Å²) < 4.78 is 36.5. The summed E-state index contributed by atoms with van der Waals surface area (Å²) in [6.45, 7) is 0. The Kier molecular flexibility index (Phi) is 4.10. The van der Waals surface area contributed by atoms with Crippen LogP contribution in [-0.2, 0) is 4.79 Å². The summed E-state index contributed by atoms with van der Waals surface area (Å²) in [4.78, 5) is 21.4. The van der Waals surface area contributed by atoms with Crippen molar-refractivity contribution in [3.63, 3.8) is 0 Å². The number of hydrogen-bond donors (Lipinski definition) is 1. The highest BCUT2D eigenvalue weighted by Gasteiger charge is 2.39. The SMILES string of the molecule is NC(=O)CC#Cc1cccc(C(=O)C(F)(F)F)c1. The summed E-state index contributed by atoms with van der Waals surface area (Å²) in [5, 5.41) is 0. The van der Waals surface area contributed by atoms with Crippen molar-refractivity contribution in [2.75, 3.05) is 0 Å². The number of benzene rings is 1. The van der Waals surface area contributed by atoms with Crippen molar-refractivity contribution >= 4 is 11.7 Å². The van der Waals surface area contributed by atoms with E-state index in [0.29, 0.717) is 0 Å².